The fraction of sp³-hybridized carbons (Fsp3) is 0.733. The number of ether oxygens (including phenoxy) is 1. The third-order valence-corrected chi connectivity index (χ3v) is 10.1. The number of esters is 1. The molecule has 33 heavy (non-hydrogen) atoms. The van der Waals surface area contributed by atoms with Gasteiger partial charge in [-0.25, -0.2) is 0 Å². The van der Waals surface area contributed by atoms with E-state index < -0.39 is 0 Å². The van der Waals surface area contributed by atoms with E-state index in [0.29, 0.717) is 36.0 Å². The third kappa shape index (κ3) is 4.19. The molecule has 182 valence electrons. The molecule has 0 aromatic carbocycles. The number of fused-ring (bicyclic) bond motifs is 4. The SMILES string of the molecule is CC(=O)O[C@@H]1CC[C@]2(C)C(=CC(=O)C3=C2CC[C@]2(C)[C@@H]3CC[C@@H]2[C@H](C)/C=C\[C@H](C)C(C)C)C1. The van der Waals surface area contributed by atoms with Crippen molar-refractivity contribution in [3.63, 3.8) is 0 Å². The van der Waals surface area contributed by atoms with Gasteiger partial charge in [-0.3, -0.25) is 9.59 Å². The van der Waals surface area contributed by atoms with Gasteiger partial charge in [-0.05, 0) is 79.6 Å². The minimum atomic E-state index is -0.220. The van der Waals surface area contributed by atoms with Gasteiger partial charge in [-0.1, -0.05) is 64.8 Å². The van der Waals surface area contributed by atoms with Crippen LogP contribution in [0.1, 0.15) is 93.4 Å². The Kier molecular flexibility index (Phi) is 6.57. The monoisotopic (exact) mass is 452 g/mol. The van der Waals surface area contributed by atoms with Crippen molar-refractivity contribution < 1.29 is 14.3 Å². The number of carbonyl (C=O) groups excluding carboxylic acids is 2. The Morgan fingerprint density at radius 2 is 1.82 bits per heavy atom. The maximum Gasteiger partial charge on any atom is 0.302 e. The smallest absolute Gasteiger partial charge is 0.302 e. The van der Waals surface area contributed by atoms with Crippen LogP contribution in [0.25, 0.3) is 0 Å². The summed E-state index contributed by atoms with van der Waals surface area (Å²) in [6.07, 6.45) is 13.9. The van der Waals surface area contributed by atoms with E-state index in [9.17, 15) is 9.59 Å². The van der Waals surface area contributed by atoms with Crippen LogP contribution in [0.5, 0.6) is 0 Å². The van der Waals surface area contributed by atoms with Crippen LogP contribution in [0.3, 0.4) is 0 Å². The highest BCUT2D eigenvalue weighted by molar-refractivity contribution is 6.07. The van der Waals surface area contributed by atoms with Crippen LogP contribution in [-0.2, 0) is 14.3 Å². The van der Waals surface area contributed by atoms with Crippen LogP contribution in [0.4, 0.5) is 0 Å². The summed E-state index contributed by atoms with van der Waals surface area (Å²) < 4.78 is 5.52. The van der Waals surface area contributed by atoms with Crippen molar-refractivity contribution in [3.05, 3.63) is 34.9 Å². The zero-order valence-electron chi connectivity index (χ0n) is 21.9. The standard InChI is InChI=1S/C30H44O3/c1-18(2)19(3)8-9-20(4)24-10-11-25-28-26(13-15-30(24,25)7)29(6)14-12-23(33-21(5)31)16-22(29)17-27(28)32/h8-9,17-20,23-25H,10-16H2,1-7H3/b9-8-/t19-,20+,23+,24+,25+,29+,30-/m0/s1. The van der Waals surface area contributed by atoms with Gasteiger partial charge >= 0.3 is 5.97 Å². The lowest BCUT2D eigenvalue weighted by Gasteiger charge is -2.51. The molecule has 3 heteroatoms. The molecule has 7 atom stereocenters. The van der Waals surface area contributed by atoms with Gasteiger partial charge in [0.2, 0.25) is 0 Å². The molecule has 4 aliphatic carbocycles. The predicted molar refractivity (Wildman–Crippen MR) is 133 cm³/mol. The number of hydrogen-bond acceptors (Lipinski definition) is 3. The molecule has 0 aliphatic heterocycles. The second-order valence-electron chi connectivity index (χ2n) is 12.3. The Bertz CT molecular complexity index is 906. The van der Waals surface area contributed by atoms with Crippen LogP contribution >= 0.6 is 0 Å². The van der Waals surface area contributed by atoms with Crippen LogP contribution in [0, 0.1) is 40.4 Å². The summed E-state index contributed by atoms with van der Waals surface area (Å²) in [7, 11) is 0. The van der Waals surface area contributed by atoms with Crippen molar-refractivity contribution in [1.29, 1.82) is 0 Å². The van der Waals surface area contributed by atoms with Crippen molar-refractivity contribution in [1.82, 2.24) is 0 Å². The first-order valence-electron chi connectivity index (χ1n) is 13.3. The lowest BCUT2D eigenvalue weighted by molar-refractivity contribution is -0.147. The van der Waals surface area contributed by atoms with E-state index in [1.165, 1.54) is 30.9 Å². The molecule has 4 rings (SSSR count). The Balaban J connectivity index is 1.58. The molecule has 0 saturated heterocycles. The van der Waals surface area contributed by atoms with E-state index in [0.717, 1.165) is 31.3 Å². The van der Waals surface area contributed by atoms with Gasteiger partial charge in [-0.2, -0.15) is 0 Å². The van der Waals surface area contributed by atoms with Gasteiger partial charge in [0.05, 0.1) is 0 Å². The molecule has 3 nitrogen and oxygen atoms in total. The van der Waals surface area contributed by atoms with E-state index >= 15 is 0 Å². The highest BCUT2D eigenvalue weighted by Gasteiger charge is 2.56. The summed E-state index contributed by atoms with van der Waals surface area (Å²) in [5.41, 5.74) is 3.95. The summed E-state index contributed by atoms with van der Waals surface area (Å²) in [4.78, 5) is 25.0. The topological polar surface area (TPSA) is 43.4 Å². The van der Waals surface area contributed by atoms with Crippen molar-refractivity contribution in [2.45, 2.75) is 99.5 Å². The first kappa shape index (κ1) is 24.5. The van der Waals surface area contributed by atoms with E-state index in [4.69, 9.17) is 4.74 Å². The normalized spacial score (nSPS) is 38.0. The summed E-state index contributed by atoms with van der Waals surface area (Å²) in [6, 6.07) is 0. The molecule has 0 radical (unpaired) electrons. The first-order chi connectivity index (χ1) is 15.5. The van der Waals surface area contributed by atoms with E-state index in [2.05, 4.69) is 53.7 Å². The van der Waals surface area contributed by atoms with Crippen LogP contribution in [-0.4, -0.2) is 17.9 Å². The Hall–Kier alpha value is -1.64. The highest BCUT2D eigenvalue weighted by Crippen LogP contribution is 2.64. The van der Waals surface area contributed by atoms with Crippen molar-refractivity contribution in [2.24, 2.45) is 40.4 Å². The third-order valence-electron chi connectivity index (χ3n) is 10.1. The molecular weight excluding hydrogens is 408 g/mol. The molecule has 4 aliphatic rings. The maximum absolute atomic E-state index is 13.5. The lowest BCUT2D eigenvalue weighted by Crippen LogP contribution is -2.44. The average molecular weight is 453 g/mol. The molecule has 0 unspecified atom stereocenters. The zero-order chi connectivity index (χ0) is 24.1. The quantitative estimate of drug-likeness (QED) is 0.326. The van der Waals surface area contributed by atoms with Crippen molar-refractivity contribution >= 4 is 11.8 Å². The fourth-order valence-corrected chi connectivity index (χ4v) is 7.62. The molecule has 0 heterocycles. The van der Waals surface area contributed by atoms with Gasteiger partial charge < -0.3 is 4.74 Å². The Morgan fingerprint density at radius 1 is 1.09 bits per heavy atom. The summed E-state index contributed by atoms with van der Waals surface area (Å²) in [6.45, 7) is 15.6. The second-order valence-corrected chi connectivity index (χ2v) is 12.3. The highest BCUT2D eigenvalue weighted by atomic mass is 16.5. The maximum atomic E-state index is 13.5. The number of hydrogen-bond donors (Lipinski definition) is 0. The van der Waals surface area contributed by atoms with E-state index in [1.54, 1.807) is 0 Å². The average Bonchev–Trinajstić information content (AvgIpc) is 3.09. The molecule has 2 saturated carbocycles. The van der Waals surface area contributed by atoms with Gasteiger partial charge in [0, 0.05) is 24.3 Å². The van der Waals surface area contributed by atoms with Gasteiger partial charge in [0.1, 0.15) is 6.10 Å². The number of ketones is 1. The summed E-state index contributed by atoms with van der Waals surface area (Å²) >= 11 is 0. The predicted octanol–water partition coefficient (Wildman–Crippen LogP) is 7.22. The van der Waals surface area contributed by atoms with Crippen LogP contribution < -0.4 is 0 Å². The Morgan fingerprint density at radius 3 is 2.48 bits per heavy atom. The number of carbonyl (C=O) groups is 2. The summed E-state index contributed by atoms with van der Waals surface area (Å²) in [5, 5.41) is 0. The minimum Gasteiger partial charge on any atom is -0.462 e. The lowest BCUT2D eigenvalue weighted by atomic mass is 9.53. The molecule has 0 bridgehead atoms. The zero-order valence-corrected chi connectivity index (χ0v) is 21.9. The first-order valence-corrected chi connectivity index (χ1v) is 13.3. The van der Waals surface area contributed by atoms with E-state index in [1.807, 2.05) is 6.08 Å². The molecular formula is C30H44O3. The number of allylic oxidation sites excluding steroid dienone is 5. The van der Waals surface area contributed by atoms with Crippen LogP contribution in [0.15, 0.2) is 34.9 Å². The molecule has 0 spiro atoms. The number of rotatable bonds is 5. The molecule has 0 aromatic heterocycles. The Labute approximate surface area is 201 Å². The largest absolute Gasteiger partial charge is 0.462 e. The van der Waals surface area contributed by atoms with Gasteiger partial charge in [-0.15, -0.1) is 0 Å². The minimum absolute atomic E-state index is 0.0302. The van der Waals surface area contributed by atoms with Gasteiger partial charge in [0.15, 0.2) is 5.78 Å². The van der Waals surface area contributed by atoms with Crippen molar-refractivity contribution in [3.8, 4) is 0 Å². The van der Waals surface area contributed by atoms with Crippen LogP contribution in [0.2, 0.25) is 0 Å². The van der Waals surface area contributed by atoms with Crippen molar-refractivity contribution in [2.75, 3.05) is 0 Å². The van der Waals surface area contributed by atoms with Gasteiger partial charge in [0.25, 0.3) is 0 Å². The molecule has 0 amide bonds. The molecule has 0 aromatic rings. The fourth-order valence-electron chi connectivity index (χ4n) is 7.62. The second kappa shape index (κ2) is 8.86. The van der Waals surface area contributed by atoms with E-state index in [-0.39, 0.29) is 28.7 Å². The summed E-state index contributed by atoms with van der Waals surface area (Å²) in [5.74, 6) is 2.86. The molecule has 2 fully saturated rings. The molecule has 0 N–H and O–H groups in total.